The van der Waals surface area contributed by atoms with Crippen LogP contribution >= 0.6 is 11.8 Å². The average Bonchev–Trinajstić information content (AvgIpc) is 2.46. The first-order chi connectivity index (χ1) is 10.5. The Balaban J connectivity index is 2.04. The third-order valence-corrected chi connectivity index (χ3v) is 4.94. The number of carbonyl (C=O) groups is 1. The molecular weight excluding hydrogens is 290 g/mol. The number of carbonyl (C=O) groups excluding carboxylic acids is 1. The van der Waals surface area contributed by atoms with Crippen LogP contribution in [0.2, 0.25) is 0 Å². The molecule has 0 saturated heterocycles. The maximum Gasteiger partial charge on any atom is 0.160 e. The van der Waals surface area contributed by atoms with Crippen molar-refractivity contribution in [2.75, 3.05) is 5.75 Å². The number of benzene rings is 1. The zero-order valence-electron chi connectivity index (χ0n) is 13.8. The van der Waals surface area contributed by atoms with E-state index in [-0.39, 0.29) is 5.78 Å². The molecule has 0 aliphatic carbocycles. The molecule has 0 atom stereocenters. The van der Waals surface area contributed by atoms with Crippen LogP contribution in [0, 0.1) is 20.8 Å². The normalized spacial score (nSPS) is 10.7. The lowest BCUT2D eigenvalue weighted by Crippen LogP contribution is -2.05. The number of hydrogen-bond donors (Lipinski definition) is 0. The number of hydrogen-bond acceptors (Lipinski definition) is 3. The molecule has 22 heavy (non-hydrogen) atoms. The molecule has 2 aromatic rings. The number of ketones is 1. The summed E-state index contributed by atoms with van der Waals surface area (Å²) in [6.45, 7) is 7.89. The van der Waals surface area contributed by atoms with E-state index in [9.17, 15) is 4.79 Å². The molecule has 0 aliphatic heterocycles. The van der Waals surface area contributed by atoms with Gasteiger partial charge < -0.3 is 0 Å². The standard InChI is InChI=1S/C19H23NOS/c1-13-11-14(2)19(16(4)21)15(3)18(13)12-22-10-8-17-7-5-6-9-20-17/h5-7,9,11H,8,10,12H2,1-4H3. The number of aromatic nitrogens is 1. The third kappa shape index (κ3) is 3.98. The molecule has 2 rings (SSSR count). The van der Waals surface area contributed by atoms with Gasteiger partial charge >= 0.3 is 0 Å². The third-order valence-electron chi connectivity index (χ3n) is 3.96. The van der Waals surface area contributed by atoms with Crippen LogP contribution in [0.25, 0.3) is 0 Å². The highest BCUT2D eigenvalue weighted by Crippen LogP contribution is 2.26. The van der Waals surface area contributed by atoms with Gasteiger partial charge in [0.05, 0.1) is 0 Å². The van der Waals surface area contributed by atoms with E-state index in [1.54, 1.807) is 6.92 Å². The Labute approximate surface area is 137 Å². The van der Waals surface area contributed by atoms with Crippen LogP contribution in [-0.2, 0) is 12.2 Å². The van der Waals surface area contributed by atoms with Gasteiger partial charge in [0.25, 0.3) is 0 Å². The molecule has 0 aliphatic rings. The molecule has 3 heteroatoms. The van der Waals surface area contributed by atoms with Crippen molar-refractivity contribution < 1.29 is 4.79 Å². The summed E-state index contributed by atoms with van der Waals surface area (Å²) in [7, 11) is 0. The van der Waals surface area contributed by atoms with Crippen LogP contribution in [0.4, 0.5) is 0 Å². The summed E-state index contributed by atoms with van der Waals surface area (Å²) in [5.41, 5.74) is 6.86. The monoisotopic (exact) mass is 313 g/mol. The zero-order chi connectivity index (χ0) is 16.1. The van der Waals surface area contributed by atoms with Crippen molar-refractivity contribution in [1.82, 2.24) is 4.98 Å². The number of thioether (sulfide) groups is 1. The van der Waals surface area contributed by atoms with E-state index < -0.39 is 0 Å². The highest BCUT2D eigenvalue weighted by molar-refractivity contribution is 7.98. The molecule has 0 spiro atoms. The van der Waals surface area contributed by atoms with E-state index in [0.717, 1.165) is 40.3 Å². The van der Waals surface area contributed by atoms with Crippen LogP contribution in [0.5, 0.6) is 0 Å². The molecule has 0 N–H and O–H groups in total. The van der Waals surface area contributed by atoms with E-state index >= 15 is 0 Å². The Morgan fingerprint density at radius 2 is 1.95 bits per heavy atom. The molecule has 0 saturated carbocycles. The molecule has 0 amide bonds. The van der Waals surface area contributed by atoms with Gasteiger partial charge in [-0.05, 0) is 74.3 Å². The average molecular weight is 313 g/mol. The number of rotatable bonds is 6. The molecule has 2 nitrogen and oxygen atoms in total. The summed E-state index contributed by atoms with van der Waals surface area (Å²) in [5, 5.41) is 0. The van der Waals surface area contributed by atoms with E-state index in [1.807, 2.05) is 37.0 Å². The largest absolute Gasteiger partial charge is 0.294 e. The van der Waals surface area contributed by atoms with Gasteiger partial charge in [-0.1, -0.05) is 12.1 Å². The Morgan fingerprint density at radius 3 is 2.59 bits per heavy atom. The predicted octanol–water partition coefficient (Wildman–Crippen LogP) is 4.69. The van der Waals surface area contributed by atoms with Crippen molar-refractivity contribution in [3.8, 4) is 0 Å². The Morgan fingerprint density at radius 1 is 1.18 bits per heavy atom. The molecule has 1 aromatic carbocycles. The van der Waals surface area contributed by atoms with Crippen molar-refractivity contribution in [3.63, 3.8) is 0 Å². The molecule has 0 fully saturated rings. The first-order valence-corrected chi connectivity index (χ1v) is 8.74. The first kappa shape index (κ1) is 16.8. The number of nitrogens with zero attached hydrogens (tertiary/aromatic N) is 1. The van der Waals surface area contributed by atoms with E-state index in [1.165, 1.54) is 11.1 Å². The summed E-state index contributed by atoms with van der Waals surface area (Å²) in [6.07, 6.45) is 2.82. The Bertz CT molecular complexity index is 665. The van der Waals surface area contributed by atoms with Gasteiger partial charge in [0.15, 0.2) is 5.78 Å². The lowest BCUT2D eigenvalue weighted by molar-refractivity contribution is 0.101. The van der Waals surface area contributed by atoms with Crippen LogP contribution in [0.15, 0.2) is 30.5 Å². The van der Waals surface area contributed by atoms with Crippen molar-refractivity contribution in [2.45, 2.75) is 39.9 Å². The zero-order valence-corrected chi connectivity index (χ0v) is 14.6. The Kier molecular flexibility index (Phi) is 5.78. The smallest absolute Gasteiger partial charge is 0.160 e. The van der Waals surface area contributed by atoms with Crippen molar-refractivity contribution in [2.24, 2.45) is 0 Å². The van der Waals surface area contributed by atoms with Gasteiger partial charge in [-0.3, -0.25) is 9.78 Å². The molecule has 0 radical (unpaired) electrons. The van der Waals surface area contributed by atoms with Crippen LogP contribution < -0.4 is 0 Å². The molecule has 1 aromatic heterocycles. The van der Waals surface area contributed by atoms with Crippen molar-refractivity contribution in [3.05, 3.63) is 64.0 Å². The van der Waals surface area contributed by atoms with Gasteiger partial charge in [-0.15, -0.1) is 0 Å². The van der Waals surface area contributed by atoms with Crippen molar-refractivity contribution >= 4 is 17.5 Å². The quantitative estimate of drug-likeness (QED) is 0.572. The summed E-state index contributed by atoms with van der Waals surface area (Å²) in [5.74, 6) is 2.15. The maximum atomic E-state index is 11.9. The second kappa shape index (κ2) is 7.59. The Hall–Kier alpha value is -1.61. The fraction of sp³-hybridized carbons (Fsp3) is 0.368. The molecule has 0 unspecified atom stereocenters. The second-order valence-corrected chi connectivity index (χ2v) is 6.77. The molecule has 0 bridgehead atoms. The highest BCUT2D eigenvalue weighted by atomic mass is 32.2. The van der Waals surface area contributed by atoms with Gasteiger partial charge in [-0.25, -0.2) is 0 Å². The SMILES string of the molecule is CC(=O)c1c(C)cc(C)c(CSCCc2ccccn2)c1C. The number of aryl methyl sites for hydroxylation is 3. The summed E-state index contributed by atoms with van der Waals surface area (Å²) in [6, 6.07) is 8.18. The lowest BCUT2D eigenvalue weighted by atomic mass is 9.92. The van der Waals surface area contributed by atoms with Gasteiger partial charge in [0.1, 0.15) is 0 Å². The fourth-order valence-electron chi connectivity index (χ4n) is 2.89. The molecule has 1 heterocycles. The highest BCUT2D eigenvalue weighted by Gasteiger charge is 2.14. The molecule has 116 valence electrons. The number of Topliss-reactive ketones (excluding diaryl/α,β-unsaturated/α-hetero) is 1. The van der Waals surface area contributed by atoms with Crippen molar-refractivity contribution in [1.29, 1.82) is 0 Å². The fourth-order valence-corrected chi connectivity index (χ4v) is 4.03. The van der Waals surface area contributed by atoms with Crippen LogP contribution in [0.1, 0.15) is 45.2 Å². The predicted molar refractivity (Wildman–Crippen MR) is 94.8 cm³/mol. The van der Waals surface area contributed by atoms with E-state index in [4.69, 9.17) is 0 Å². The molecular formula is C19H23NOS. The number of pyridine rings is 1. The first-order valence-electron chi connectivity index (χ1n) is 7.59. The second-order valence-electron chi connectivity index (χ2n) is 5.67. The summed E-state index contributed by atoms with van der Waals surface area (Å²) in [4.78, 5) is 16.2. The summed E-state index contributed by atoms with van der Waals surface area (Å²) >= 11 is 1.90. The van der Waals surface area contributed by atoms with E-state index in [2.05, 4.69) is 31.0 Å². The van der Waals surface area contributed by atoms with Crippen LogP contribution in [0.3, 0.4) is 0 Å². The summed E-state index contributed by atoms with van der Waals surface area (Å²) < 4.78 is 0. The van der Waals surface area contributed by atoms with Gasteiger partial charge in [0, 0.05) is 23.2 Å². The van der Waals surface area contributed by atoms with Crippen LogP contribution in [-0.4, -0.2) is 16.5 Å². The minimum absolute atomic E-state index is 0.162. The minimum Gasteiger partial charge on any atom is -0.294 e. The lowest BCUT2D eigenvalue weighted by Gasteiger charge is -2.15. The topological polar surface area (TPSA) is 30.0 Å². The van der Waals surface area contributed by atoms with Gasteiger partial charge in [-0.2, -0.15) is 11.8 Å². The van der Waals surface area contributed by atoms with E-state index in [0.29, 0.717) is 0 Å². The minimum atomic E-state index is 0.162. The van der Waals surface area contributed by atoms with Gasteiger partial charge in [0.2, 0.25) is 0 Å². The maximum absolute atomic E-state index is 11.9.